The van der Waals surface area contributed by atoms with E-state index in [4.69, 9.17) is 0 Å². The predicted molar refractivity (Wildman–Crippen MR) is 82.6 cm³/mol. The number of aryl methyl sites for hydroxylation is 2. The molecule has 0 heterocycles. The number of carbonyl (C=O) groups is 1. The molecule has 2 nitrogen and oxygen atoms in total. The van der Waals surface area contributed by atoms with Crippen molar-refractivity contribution in [3.63, 3.8) is 0 Å². The standard InChI is InChI=1S/C18H20FNO/c1-12-4-5-15(10-13(12)2)11-18(21)20-14(3)16-6-8-17(19)9-7-16/h4-10,14H,11H2,1-3H3,(H,20,21). The fourth-order valence-corrected chi connectivity index (χ4v) is 2.23. The normalized spacial score (nSPS) is 12.0. The van der Waals surface area contributed by atoms with Crippen LogP contribution in [0.5, 0.6) is 0 Å². The molecule has 0 spiro atoms. The molecule has 0 aliphatic heterocycles. The van der Waals surface area contributed by atoms with Crippen LogP contribution in [0.3, 0.4) is 0 Å². The molecule has 0 aliphatic rings. The molecule has 1 unspecified atom stereocenters. The first-order chi connectivity index (χ1) is 9.95. The number of amides is 1. The highest BCUT2D eigenvalue weighted by Gasteiger charge is 2.10. The molecule has 0 bridgehead atoms. The number of carbonyl (C=O) groups excluding carboxylic acids is 1. The molecule has 3 heteroatoms. The van der Waals surface area contributed by atoms with Gasteiger partial charge in [0.1, 0.15) is 5.82 Å². The van der Waals surface area contributed by atoms with Crippen LogP contribution < -0.4 is 5.32 Å². The van der Waals surface area contributed by atoms with Gasteiger partial charge < -0.3 is 5.32 Å². The van der Waals surface area contributed by atoms with Gasteiger partial charge in [-0.15, -0.1) is 0 Å². The summed E-state index contributed by atoms with van der Waals surface area (Å²) in [6.07, 6.45) is 0.354. The third-order valence-corrected chi connectivity index (χ3v) is 3.68. The van der Waals surface area contributed by atoms with E-state index in [0.717, 1.165) is 11.1 Å². The van der Waals surface area contributed by atoms with Crippen molar-refractivity contribution in [3.05, 3.63) is 70.5 Å². The average Bonchev–Trinajstić information content (AvgIpc) is 2.43. The second kappa shape index (κ2) is 6.53. The topological polar surface area (TPSA) is 29.1 Å². The maximum atomic E-state index is 12.9. The summed E-state index contributed by atoms with van der Waals surface area (Å²) in [5, 5.41) is 2.94. The summed E-state index contributed by atoms with van der Waals surface area (Å²) in [5.41, 5.74) is 4.30. The third kappa shape index (κ3) is 4.15. The van der Waals surface area contributed by atoms with Crippen molar-refractivity contribution in [2.24, 2.45) is 0 Å². The summed E-state index contributed by atoms with van der Waals surface area (Å²) in [4.78, 5) is 12.1. The molecule has 2 aromatic rings. The maximum absolute atomic E-state index is 12.9. The Hall–Kier alpha value is -2.16. The van der Waals surface area contributed by atoms with Crippen LogP contribution >= 0.6 is 0 Å². The zero-order chi connectivity index (χ0) is 15.4. The van der Waals surface area contributed by atoms with Crippen molar-refractivity contribution in [1.82, 2.24) is 5.32 Å². The molecular formula is C18H20FNO. The minimum Gasteiger partial charge on any atom is -0.349 e. The van der Waals surface area contributed by atoms with Gasteiger partial charge in [-0.25, -0.2) is 4.39 Å². The summed E-state index contributed by atoms with van der Waals surface area (Å²) in [5.74, 6) is -0.303. The highest BCUT2D eigenvalue weighted by Crippen LogP contribution is 2.14. The van der Waals surface area contributed by atoms with Crippen molar-refractivity contribution >= 4 is 5.91 Å². The molecule has 2 aromatic carbocycles. The Kier molecular flexibility index (Phi) is 4.73. The minimum absolute atomic E-state index is 0.0323. The highest BCUT2D eigenvalue weighted by atomic mass is 19.1. The zero-order valence-electron chi connectivity index (χ0n) is 12.6. The predicted octanol–water partition coefficient (Wildman–Crippen LogP) is 3.86. The van der Waals surface area contributed by atoms with Gasteiger partial charge in [0.2, 0.25) is 5.91 Å². The SMILES string of the molecule is Cc1ccc(CC(=O)NC(C)c2ccc(F)cc2)cc1C. The van der Waals surface area contributed by atoms with Crippen LogP contribution in [-0.4, -0.2) is 5.91 Å². The van der Waals surface area contributed by atoms with Gasteiger partial charge in [0, 0.05) is 0 Å². The molecule has 0 aromatic heterocycles. The van der Waals surface area contributed by atoms with Crippen LogP contribution in [0.15, 0.2) is 42.5 Å². The summed E-state index contributed by atoms with van der Waals surface area (Å²) in [6.45, 7) is 5.99. The zero-order valence-corrected chi connectivity index (χ0v) is 12.6. The van der Waals surface area contributed by atoms with Gasteiger partial charge in [-0.05, 0) is 55.2 Å². The number of hydrogen-bond donors (Lipinski definition) is 1. The Labute approximate surface area is 125 Å². The highest BCUT2D eigenvalue weighted by molar-refractivity contribution is 5.79. The van der Waals surface area contributed by atoms with Crippen molar-refractivity contribution in [2.45, 2.75) is 33.2 Å². The van der Waals surface area contributed by atoms with Gasteiger partial charge in [-0.1, -0.05) is 30.3 Å². The first kappa shape index (κ1) is 15.2. The Bertz CT molecular complexity index is 634. The van der Waals surface area contributed by atoms with E-state index in [-0.39, 0.29) is 17.8 Å². The molecule has 0 radical (unpaired) electrons. The van der Waals surface area contributed by atoms with Crippen molar-refractivity contribution in [1.29, 1.82) is 0 Å². The van der Waals surface area contributed by atoms with Gasteiger partial charge in [0.25, 0.3) is 0 Å². The first-order valence-electron chi connectivity index (χ1n) is 7.06. The number of benzene rings is 2. The fourth-order valence-electron chi connectivity index (χ4n) is 2.23. The van der Waals surface area contributed by atoms with Crippen LogP contribution in [0.25, 0.3) is 0 Å². The molecular weight excluding hydrogens is 265 g/mol. The van der Waals surface area contributed by atoms with Crippen molar-refractivity contribution in [2.75, 3.05) is 0 Å². The molecule has 21 heavy (non-hydrogen) atoms. The molecule has 0 saturated heterocycles. The number of rotatable bonds is 4. The smallest absolute Gasteiger partial charge is 0.224 e. The van der Waals surface area contributed by atoms with E-state index in [0.29, 0.717) is 6.42 Å². The summed E-state index contributed by atoms with van der Waals surface area (Å²) in [7, 11) is 0. The lowest BCUT2D eigenvalue weighted by Gasteiger charge is -2.14. The Morgan fingerprint density at radius 2 is 1.76 bits per heavy atom. The summed E-state index contributed by atoms with van der Waals surface area (Å²) < 4.78 is 12.9. The van der Waals surface area contributed by atoms with Crippen molar-refractivity contribution < 1.29 is 9.18 Å². The number of halogens is 1. The van der Waals surface area contributed by atoms with Crippen LogP contribution in [0.4, 0.5) is 4.39 Å². The lowest BCUT2D eigenvalue weighted by molar-refractivity contribution is -0.121. The molecule has 1 amide bonds. The van der Waals surface area contributed by atoms with Gasteiger partial charge in [0.15, 0.2) is 0 Å². The lowest BCUT2D eigenvalue weighted by Crippen LogP contribution is -2.28. The van der Waals surface area contributed by atoms with Crippen LogP contribution in [0, 0.1) is 19.7 Å². The van der Waals surface area contributed by atoms with Gasteiger partial charge in [-0.3, -0.25) is 4.79 Å². The molecule has 0 saturated carbocycles. The second-order valence-electron chi connectivity index (χ2n) is 5.44. The van der Waals surface area contributed by atoms with Crippen molar-refractivity contribution in [3.8, 4) is 0 Å². The van der Waals surface area contributed by atoms with E-state index in [2.05, 4.69) is 12.2 Å². The average molecular weight is 285 g/mol. The third-order valence-electron chi connectivity index (χ3n) is 3.68. The maximum Gasteiger partial charge on any atom is 0.224 e. The fraction of sp³-hybridized carbons (Fsp3) is 0.278. The molecule has 2 rings (SSSR count). The largest absolute Gasteiger partial charge is 0.349 e. The summed E-state index contributed by atoms with van der Waals surface area (Å²) >= 11 is 0. The van der Waals surface area contributed by atoms with Crippen LogP contribution in [0.2, 0.25) is 0 Å². The Morgan fingerprint density at radius 1 is 1.10 bits per heavy atom. The second-order valence-corrected chi connectivity index (χ2v) is 5.44. The van der Waals surface area contributed by atoms with E-state index in [9.17, 15) is 9.18 Å². The van der Waals surface area contributed by atoms with E-state index in [1.807, 2.05) is 32.0 Å². The van der Waals surface area contributed by atoms with E-state index in [1.54, 1.807) is 12.1 Å². The summed E-state index contributed by atoms with van der Waals surface area (Å²) in [6, 6.07) is 12.1. The van der Waals surface area contributed by atoms with E-state index >= 15 is 0 Å². The molecule has 1 N–H and O–H groups in total. The quantitative estimate of drug-likeness (QED) is 0.908. The Balaban J connectivity index is 1.97. The van der Waals surface area contributed by atoms with Gasteiger partial charge in [0.05, 0.1) is 12.5 Å². The first-order valence-corrected chi connectivity index (χ1v) is 7.06. The lowest BCUT2D eigenvalue weighted by atomic mass is 10.0. The monoisotopic (exact) mass is 285 g/mol. The van der Waals surface area contributed by atoms with E-state index < -0.39 is 0 Å². The van der Waals surface area contributed by atoms with Gasteiger partial charge >= 0.3 is 0 Å². The van der Waals surface area contributed by atoms with Gasteiger partial charge in [-0.2, -0.15) is 0 Å². The number of hydrogen-bond acceptors (Lipinski definition) is 1. The minimum atomic E-state index is -0.271. The molecule has 1 atom stereocenters. The van der Waals surface area contributed by atoms with E-state index in [1.165, 1.54) is 23.3 Å². The van der Waals surface area contributed by atoms with Crippen LogP contribution in [-0.2, 0) is 11.2 Å². The van der Waals surface area contributed by atoms with Crippen LogP contribution in [0.1, 0.15) is 35.2 Å². The number of nitrogens with one attached hydrogen (secondary N) is 1. The molecule has 110 valence electrons. The molecule has 0 aliphatic carbocycles. The molecule has 0 fully saturated rings. The Morgan fingerprint density at radius 3 is 2.38 bits per heavy atom.